The van der Waals surface area contributed by atoms with Gasteiger partial charge in [-0.3, -0.25) is 19.8 Å². The van der Waals surface area contributed by atoms with Crippen LogP contribution in [0.25, 0.3) is 0 Å². The summed E-state index contributed by atoms with van der Waals surface area (Å²) in [6.07, 6.45) is 0. The number of amides is 1. The number of anilines is 1. The molecule has 2 aromatic carbocycles. The smallest absolute Gasteiger partial charge is 0.271 e. The van der Waals surface area contributed by atoms with E-state index in [2.05, 4.69) is 5.32 Å². The van der Waals surface area contributed by atoms with Gasteiger partial charge >= 0.3 is 0 Å². The Morgan fingerprint density at radius 1 is 1.32 bits per heavy atom. The molecule has 132 valence electrons. The maximum atomic E-state index is 13.7. The molecule has 25 heavy (non-hydrogen) atoms. The maximum absolute atomic E-state index is 13.7. The van der Waals surface area contributed by atoms with E-state index in [0.717, 1.165) is 0 Å². The van der Waals surface area contributed by atoms with Gasteiger partial charge in [-0.1, -0.05) is 12.1 Å². The number of likely N-dealkylation sites (N-methyl/N-ethyl adjacent to an activating group) is 1. The summed E-state index contributed by atoms with van der Waals surface area (Å²) in [6, 6.07) is 10.3. The SMILES string of the molecule is COc1ccc(CN(C)CC(=O)Nc2cccc([N+](=O)[O-])c2)cc1F. The lowest BCUT2D eigenvalue weighted by Crippen LogP contribution is -2.29. The average Bonchev–Trinajstić information content (AvgIpc) is 2.55. The fourth-order valence-corrected chi connectivity index (χ4v) is 2.32. The zero-order valence-corrected chi connectivity index (χ0v) is 13.9. The standard InChI is InChI=1S/C17H18FN3O4/c1-20(10-12-6-7-16(25-2)15(18)8-12)11-17(22)19-13-4-3-5-14(9-13)21(23)24/h3-9H,10-11H2,1-2H3,(H,19,22). The van der Waals surface area contributed by atoms with Crippen LogP contribution in [0.1, 0.15) is 5.56 Å². The van der Waals surface area contributed by atoms with Gasteiger partial charge in [0.1, 0.15) is 0 Å². The molecule has 0 aliphatic rings. The number of non-ortho nitro benzene ring substituents is 1. The predicted octanol–water partition coefficient (Wildman–Crippen LogP) is 2.81. The van der Waals surface area contributed by atoms with Crippen LogP contribution in [0.3, 0.4) is 0 Å². The fraction of sp³-hybridized carbons (Fsp3) is 0.235. The summed E-state index contributed by atoms with van der Waals surface area (Å²) >= 11 is 0. The summed E-state index contributed by atoms with van der Waals surface area (Å²) in [5, 5.41) is 13.3. The van der Waals surface area contributed by atoms with Crippen LogP contribution in [0.4, 0.5) is 15.8 Å². The quantitative estimate of drug-likeness (QED) is 0.615. The van der Waals surface area contributed by atoms with Crippen LogP contribution in [0.15, 0.2) is 42.5 Å². The highest BCUT2D eigenvalue weighted by molar-refractivity contribution is 5.92. The van der Waals surface area contributed by atoms with Crippen LogP contribution < -0.4 is 10.1 Å². The molecule has 0 aliphatic carbocycles. The van der Waals surface area contributed by atoms with E-state index in [-0.39, 0.29) is 23.9 Å². The van der Waals surface area contributed by atoms with Crippen molar-refractivity contribution < 1.29 is 18.8 Å². The molecule has 0 spiro atoms. The van der Waals surface area contributed by atoms with Crippen molar-refractivity contribution in [2.75, 3.05) is 26.0 Å². The van der Waals surface area contributed by atoms with Crippen LogP contribution in [0.5, 0.6) is 5.75 Å². The van der Waals surface area contributed by atoms with E-state index >= 15 is 0 Å². The molecule has 1 N–H and O–H groups in total. The van der Waals surface area contributed by atoms with Crippen molar-refractivity contribution in [1.29, 1.82) is 0 Å². The Hall–Kier alpha value is -3.00. The second-order valence-corrected chi connectivity index (χ2v) is 5.50. The summed E-state index contributed by atoms with van der Waals surface area (Å²) in [5.41, 5.74) is 0.951. The molecule has 1 amide bonds. The van der Waals surface area contributed by atoms with Gasteiger partial charge in [0.05, 0.1) is 18.6 Å². The number of ether oxygens (including phenoxy) is 1. The fourth-order valence-electron chi connectivity index (χ4n) is 2.32. The highest BCUT2D eigenvalue weighted by Gasteiger charge is 2.11. The molecule has 0 heterocycles. The molecule has 0 saturated heterocycles. The molecule has 0 unspecified atom stereocenters. The minimum atomic E-state index is -0.528. The van der Waals surface area contributed by atoms with Gasteiger partial charge in [-0.25, -0.2) is 4.39 Å². The highest BCUT2D eigenvalue weighted by atomic mass is 19.1. The first kappa shape index (κ1) is 18.3. The third-order valence-electron chi connectivity index (χ3n) is 3.42. The Labute approximate surface area is 144 Å². The van der Waals surface area contributed by atoms with Crippen LogP contribution in [-0.2, 0) is 11.3 Å². The van der Waals surface area contributed by atoms with E-state index in [0.29, 0.717) is 17.8 Å². The van der Waals surface area contributed by atoms with Gasteiger partial charge in [0.2, 0.25) is 5.91 Å². The molecule has 0 bridgehead atoms. The highest BCUT2D eigenvalue weighted by Crippen LogP contribution is 2.19. The average molecular weight is 347 g/mol. The number of halogens is 1. The number of carbonyl (C=O) groups is 1. The van der Waals surface area contributed by atoms with Crippen LogP contribution in [0.2, 0.25) is 0 Å². The number of benzene rings is 2. The third kappa shape index (κ3) is 5.25. The van der Waals surface area contributed by atoms with Gasteiger partial charge in [-0.2, -0.15) is 0 Å². The molecule has 0 aliphatic heterocycles. The van der Waals surface area contributed by atoms with E-state index in [9.17, 15) is 19.3 Å². The zero-order chi connectivity index (χ0) is 18.4. The number of nitrogens with zero attached hydrogens (tertiary/aromatic N) is 2. The first-order valence-corrected chi connectivity index (χ1v) is 7.44. The Bertz CT molecular complexity index is 782. The van der Waals surface area contributed by atoms with E-state index in [4.69, 9.17) is 4.74 Å². The number of nitro groups is 1. The van der Waals surface area contributed by atoms with Gasteiger partial charge in [-0.05, 0) is 30.8 Å². The molecule has 0 radical (unpaired) electrons. The molecule has 7 nitrogen and oxygen atoms in total. The van der Waals surface area contributed by atoms with Gasteiger partial charge in [0.15, 0.2) is 11.6 Å². The topological polar surface area (TPSA) is 84.7 Å². The first-order valence-electron chi connectivity index (χ1n) is 7.44. The third-order valence-corrected chi connectivity index (χ3v) is 3.42. The molecule has 2 rings (SSSR count). The van der Waals surface area contributed by atoms with Crippen molar-refractivity contribution in [2.24, 2.45) is 0 Å². The van der Waals surface area contributed by atoms with E-state index in [1.807, 2.05) is 0 Å². The molecule has 0 aromatic heterocycles. The number of hydrogen-bond donors (Lipinski definition) is 1. The normalized spacial score (nSPS) is 10.6. The van der Waals surface area contributed by atoms with Crippen LogP contribution in [0, 0.1) is 15.9 Å². The minimum absolute atomic E-state index is 0.0519. The number of carbonyl (C=O) groups excluding carboxylic acids is 1. The van der Waals surface area contributed by atoms with Gasteiger partial charge < -0.3 is 10.1 Å². The largest absolute Gasteiger partial charge is 0.494 e. The van der Waals surface area contributed by atoms with Crippen molar-refractivity contribution in [3.05, 3.63) is 64.0 Å². The van der Waals surface area contributed by atoms with Gasteiger partial charge in [0.25, 0.3) is 5.69 Å². The van der Waals surface area contributed by atoms with Gasteiger partial charge in [-0.15, -0.1) is 0 Å². The second-order valence-electron chi connectivity index (χ2n) is 5.50. The molecule has 0 fully saturated rings. The lowest BCUT2D eigenvalue weighted by molar-refractivity contribution is -0.384. The van der Waals surface area contributed by atoms with Crippen molar-refractivity contribution in [3.8, 4) is 5.75 Å². The molecule has 2 aromatic rings. The lowest BCUT2D eigenvalue weighted by atomic mass is 10.2. The van der Waals surface area contributed by atoms with E-state index < -0.39 is 10.7 Å². The second kappa shape index (κ2) is 8.20. The number of nitro benzene ring substituents is 1. The van der Waals surface area contributed by atoms with Gasteiger partial charge in [0, 0.05) is 24.4 Å². The Kier molecular flexibility index (Phi) is 6.02. The van der Waals surface area contributed by atoms with E-state index in [1.165, 1.54) is 37.4 Å². The lowest BCUT2D eigenvalue weighted by Gasteiger charge is -2.16. The molecule has 8 heteroatoms. The van der Waals surface area contributed by atoms with Crippen molar-refractivity contribution >= 4 is 17.3 Å². The van der Waals surface area contributed by atoms with Crippen molar-refractivity contribution in [2.45, 2.75) is 6.54 Å². The van der Waals surface area contributed by atoms with Crippen molar-refractivity contribution in [3.63, 3.8) is 0 Å². The van der Waals surface area contributed by atoms with E-state index in [1.54, 1.807) is 24.1 Å². The Balaban J connectivity index is 1.92. The maximum Gasteiger partial charge on any atom is 0.271 e. The molecular weight excluding hydrogens is 329 g/mol. The molecule has 0 atom stereocenters. The number of hydrogen-bond acceptors (Lipinski definition) is 5. The summed E-state index contributed by atoms with van der Waals surface area (Å²) < 4.78 is 18.5. The summed E-state index contributed by atoms with van der Waals surface area (Å²) in [4.78, 5) is 24.0. The first-order chi connectivity index (χ1) is 11.9. The van der Waals surface area contributed by atoms with Crippen LogP contribution in [-0.4, -0.2) is 36.4 Å². The number of methoxy groups -OCH3 is 1. The molecule has 0 saturated carbocycles. The summed E-state index contributed by atoms with van der Waals surface area (Å²) in [6.45, 7) is 0.416. The zero-order valence-electron chi connectivity index (χ0n) is 13.9. The molecular formula is C17H18FN3O4. The Morgan fingerprint density at radius 3 is 2.72 bits per heavy atom. The minimum Gasteiger partial charge on any atom is -0.494 e. The summed E-state index contributed by atoms with van der Waals surface area (Å²) in [7, 11) is 3.11. The Morgan fingerprint density at radius 2 is 2.08 bits per heavy atom. The predicted molar refractivity (Wildman–Crippen MR) is 91.0 cm³/mol. The number of nitrogens with one attached hydrogen (secondary N) is 1. The number of rotatable bonds is 7. The van der Waals surface area contributed by atoms with Crippen molar-refractivity contribution in [1.82, 2.24) is 4.90 Å². The summed E-state index contributed by atoms with van der Waals surface area (Å²) in [5.74, 6) is -0.624. The monoisotopic (exact) mass is 347 g/mol. The van der Waals surface area contributed by atoms with Crippen LogP contribution >= 0.6 is 0 Å².